The van der Waals surface area contributed by atoms with Crippen LogP contribution in [0.5, 0.6) is 0 Å². The summed E-state index contributed by atoms with van der Waals surface area (Å²) in [4.78, 5) is 18.5. The van der Waals surface area contributed by atoms with Gasteiger partial charge in [0.1, 0.15) is 22.8 Å². The number of amides is 1. The lowest BCUT2D eigenvalue weighted by atomic mass is 10.1. The van der Waals surface area contributed by atoms with E-state index in [1.807, 2.05) is 49.7 Å². The molecule has 1 atom stereocenters. The highest BCUT2D eigenvalue weighted by Gasteiger charge is 2.38. The normalized spacial score (nSPS) is 18.0. The molecule has 0 aliphatic carbocycles. The Morgan fingerprint density at radius 2 is 2.04 bits per heavy atom. The van der Waals surface area contributed by atoms with Gasteiger partial charge in [-0.25, -0.2) is 9.48 Å². The van der Waals surface area contributed by atoms with E-state index in [2.05, 4.69) is 15.3 Å². The number of para-hydroxylation sites is 1. The van der Waals surface area contributed by atoms with Gasteiger partial charge in [-0.1, -0.05) is 23.4 Å². The van der Waals surface area contributed by atoms with E-state index in [1.54, 1.807) is 11.1 Å². The monoisotopic (exact) mass is 325 g/mol. The van der Waals surface area contributed by atoms with Gasteiger partial charge in [0.15, 0.2) is 0 Å². The number of carbonyl (C=O) groups excluding carboxylic acids is 1. The van der Waals surface area contributed by atoms with Crippen LogP contribution >= 0.6 is 0 Å². The van der Waals surface area contributed by atoms with Crippen LogP contribution in [-0.4, -0.2) is 43.1 Å². The number of carbonyl (C=O) groups is 1. The molecule has 0 saturated carbocycles. The number of pyridine rings is 1. The van der Waals surface area contributed by atoms with Crippen molar-refractivity contribution >= 4 is 28.0 Å². The molecule has 0 radical (unpaired) electrons. The third kappa shape index (κ3) is 2.36. The predicted octanol–water partition coefficient (Wildman–Crippen LogP) is 3.12. The zero-order valence-corrected chi connectivity index (χ0v) is 13.9. The fourth-order valence-electron chi connectivity index (χ4n) is 2.94. The number of hydrogen-bond acceptors (Lipinski definition) is 5. The quantitative estimate of drug-likeness (QED) is 0.687. The van der Waals surface area contributed by atoms with E-state index in [0.717, 1.165) is 28.4 Å². The average Bonchev–Trinajstić information content (AvgIpc) is 2.88. The second kappa shape index (κ2) is 5.15. The van der Waals surface area contributed by atoms with Crippen molar-refractivity contribution in [1.82, 2.24) is 24.9 Å². The first-order chi connectivity index (χ1) is 11.4. The number of rotatable bonds is 1. The Labute approximate surface area is 139 Å². The largest absolute Gasteiger partial charge is 0.444 e. The van der Waals surface area contributed by atoms with E-state index in [4.69, 9.17) is 4.74 Å². The number of nitrogens with zero attached hydrogens (tertiary/aromatic N) is 5. The van der Waals surface area contributed by atoms with Crippen molar-refractivity contribution in [3.05, 3.63) is 30.5 Å². The van der Waals surface area contributed by atoms with Crippen molar-refractivity contribution in [2.45, 2.75) is 39.0 Å². The number of benzene rings is 1. The third-order valence-electron chi connectivity index (χ3n) is 4.10. The van der Waals surface area contributed by atoms with Gasteiger partial charge in [-0.2, -0.15) is 0 Å². The maximum Gasteiger partial charge on any atom is 0.412 e. The number of fused-ring (bicyclic) bond motifs is 3. The van der Waals surface area contributed by atoms with Crippen molar-refractivity contribution in [1.29, 1.82) is 0 Å². The molecule has 3 aromatic rings. The maximum atomic E-state index is 12.4. The van der Waals surface area contributed by atoms with Crippen molar-refractivity contribution in [3.8, 4) is 0 Å². The summed E-state index contributed by atoms with van der Waals surface area (Å²) in [6.07, 6.45) is 2.06. The van der Waals surface area contributed by atoms with Gasteiger partial charge in [-0.05, 0) is 26.8 Å². The zero-order chi connectivity index (χ0) is 16.9. The Morgan fingerprint density at radius 1 is 1.25 bits per heavy atom. The molecule has 1 aliphatic heterocycles. The van der Waals surface area contributed by atoms with Crippen LogP contribution in [0.25, 0.3) is 21.9 Å². The molecule has 2 aromatic heterocycles. The smallest absolute Gasteiger partial charge is 0.412 e. The van der Waals surface area contributed by atoms with Gasteiger partial charge in [-0.3, -0.25) is 9.88 Å². The summed E-state index contributed by atoms with van der Waals surface area (Å²) in [5, 5.41) is 9.47. The molecule has 7 nitrogen and oxygen atoms in total. The van der Waals surface area contributed by atoms with E-state index in [-0.39, 0.29) is 12.3 Å². The van der Waals surface area contributed by atoms with Crippen molar-refractivity contribution < 1.29 is 9.53 Å². The molecular formula is C17H19N5O2. The first-order valence-corrected chi connectivity index (χ1v) is 8.02. The minimum absolute atomic E-state index is 0.171. The van der Waals surface area contributed by atoms with E-state index in [0.29, 0.717) is 6.54 Å². The van der Waals surface area contributed by atoms with E-state index >= 15 is 0 Å². The molecule has 3 heterocycles. The highest BCUT2D eigenvalue weighted by Crippen LogP contribution is 2.33. The van der Waals surface area contributed by atoms with Gasteiger partial charge in [0, 0.05) is 18.4 Å². The van der Waals surface area contributed by atoms with Crippen LogP contribution in [0, 0.1) is 0 Å². The lowest BCUT2D eigenvalue weighted by Crippen LogP contribution is -2.50. The van der Waals surface area contributed by atoms with Crippen LogP contribution in [0.3, 0.4) is 0 Å². The van der Waals surface area contributed by atoms with Crippen LogP contribution in [0.4, 0.5) is 4.79 Å². The molecular weight excluding hydrogens is 306 g/mol. The topological polar surface area (TPSA) is 73.1 Å². The fraction of sp³-hybridized carbons (Fsp3) is 0.412. The highest BCUT2D eigenvalue weighted by molar-refractivity contribution is 6.01. The van der Waals surface area contributed by atoms with Crippen LogP contribution in [0.2, 0.25) is 0 Å². The Kier molecular flexibility index (Phi) is 3.19. The summed E-state index contributed by atoms with van der Waals surface area (Å²) in [5.41, 5.74) is 2.00. The number of ether oxygens (including phenoxy) is 1. The summed E-state index contributed by atoms with van der Waals surface area (Å²) in [5.74, 6) is 0. The maximum absolute atomic E-state index is 12.4. The molecule has 24 heavy (non-hydrogen) atoms. The SMILES string of the molecule is CC(C)(C)OC(=O)N1CCC1n1nnc2cnc3ccccc3c21. The Bertz CT molecular complexity index is 928. The summed E-state index contributed by atoms with van der Waals surface area (Å²) in [7, 11) is 0. The lowest BCUT2D eigenvalue weighted by molar-refractivity contribution is -0.0248. The number of hydrogen-bond donors (Lipinski definition) is 0. The van der Waals surface area contributed by atoms with Crippen molar-refractivity contribution in [2.24, 2.45) is 0 Å². The minimum atomic E-state index is -0.516. The Balaban J connectivity index is 1.74. The van der Waals surface area contributed by atoms with Gasteiger partial charge in [0.05, 0.1) is 11.7 Å². The van der Waals surface area contributed by atoms with Gasteiger partial charge in [0.2, 0.25) is 0 Å². The molecule has 4 rings (SSSR count). The van der Waals surface area contributed by atoms with Crippen LogP contribution in [-0.2, 0) is 4.74 Å². The Morgan fingerprint density at radius 3 is 2.75 bits per heavy atom. The zero-order valence-electron chi connectivity index (χ0n) is 13.9. The van der Waals surface area contributed by atoms with E-state index in [9.17, 15) is 4.79 Å². The highest BCUT2D eigenvalue weighted by atomic mass is 16.6. The van der Waals surface area contributed by atoms with Gasteiger partial charge in [0.25, 0.3) is 0 Å². The van der Waals surface area contributed by atoms with E-state index < -0.39 is 5.60 Å². The molecule has 0 N–H and O–H groups in total. The third-order valence-corrected chi connectivity index (χ3v) is 4.10. The summed E-state index contributed by atoms with van der Waals surface area (Å²) in [6.45, 7) is 6.25. The lowest BCUT2D eigenvalue weighted by Gasteiger charge is -2.41. The van der Waals surface area contributed by atoms with Gasteiger partial charge < -0.3 is 4.74 Å². The molecule has 7 heteroatoms. The van der Waals surface area contributed by atoms with Gasteiger partial charge >= 0.3 is 6.09 Å². The van der Waals surface area contributed by atoms with E-state index in [1.165, 1.54) is 0 Å². The molecule has 1 saturated heterocycles. The van der Waals surface area contributed by atoms with Crippen molar-refractivity contribution in [2.75, 3.05) is 6.54 Å². The molecule has 1 unspecified atom stereocenters. The number of likely N-dealkylation sites (tertiary alicyclic amines) is 1. The first kappa shape index (κ1) is 14.9. The Hall–Kier alpha value is -2.70. The molecule has 0 spiro atoms. The fourth-order valence-corrected chi connectivity index (χ4v) is 2.94. The summed E-state index contributed by atoms with van der Waals surface area (Å²) < 4.78 is 7.29. The number of aromatic nitrogens is 4. The second-order valence-corrected chi connectivity index (χ2v) is 6.99. The molecule has 1 amide bonds. The van der Waals surface area contributed by atoms with Crippen LogP contribution in [0.1, 0.15) is 33.4 Å². The van der Waals surface area contributed by atoms with Gasteiger partial charge in [-0.15, -0.1) is 5.10 Å². The molecule has 124 valence electrons. The van der Waals surface area contributed by atoms with Crippen LogP contribution < -0.4 is 0 Å². The standard InChI is InChI=1S/C17H19N5O2/c1-17(2,3)24-16(23)21-9-8-14(21)22-15-11-6-4-5-7-12(11)18-10-13(15)19-20-22/h4-7,10,14H,8-9H2,1-3H3. The second-order valence-electron chi connectivity index (χ2n) is 6.99. The molecule has 1 aliphatic rings. The minimum Gasteiger partial charge on any atom is -0.444 e. The van der Waals surface area contributed by atoms with Crippen LogP contribution in [0.15, 0.2) is 30.5 Å². The predicted molar refractivity (Wildman–Crippen MR) is 89.4 cm³/mol. The average molecular weight is 325 g/mol. The molecule has 1 aromatic carbocycles. The summed E-state index contributed by atoms with van der Waals surface area (Å²) >= 11 is 0. The first-order valence-electron chi connectivity index (χ1n) is 8.02. The summed E-state index contributed by atoms with van der Waals surface area (Å²) in [6, 6.07) is 7.87. The molecule has 1 fully saturated rings. The van der Waals surface area contributed by atoms with Crippen molar-refractivity contribution in [3.63, 3.8) is 0 Å². The molecule has 0 bridgehead atoms.